The minimum Gasteiger partial charge on any atom is -0.478 e. The Kier molecular flexibility index (Phi) is 4.99. The van der Waals surface area contributed by atoms with Gasteiger partial charge in [0.25, 0.3) is 0 Å². The summed E-state index contributed by atoms with van der Waals surface area (Å²) >= 11 is 0. The van der Waals surface area contributed by atoms with Crippen molar-refractivity contribution in [2.45, 2.75) is 40.7 Å². The van der Waals surface area contributed by atoms with Crippen molar-refractivity contribution < 1.29 is 14.7 Å². The quantitative estimate of drug-likeness (QED) is 0.894. The monoisotopic (exact) mass is 292 g/mol. The van der Waals surface area contributed by atoms with Crippen LogP contribution >= 0.6 is 0 Å². The van der Waals surface area contributed by atoms with Crippen LogP contribution in [0, 0.1) is 12.3 Å². The van der Waals surface area contributed by atoms with E-state index in [0.29, 0.717) is 11.3 Å². The summed E-state index contributed by atoms with van der Waals surface area (Å²) in [6, 6.07) is 4.65. The normalized spacial score (nSPS) is 12.7. The first-order chi connectivity index (χ1) is 9.55. The van der Waals surface area contributed by atoms with E-state index in [9.17, 15) is 9.59 Å². The molecule has 116 valence electrons. The molecule has 1 aromatic carbocycles. The fraction of sp³-hybridized carbons (Fsp3) is 0.500. The van der Waals surface area contributed by atoms with E-state index in [1.54, 1.807) is 31.0 Å². The van der Waals surface area contributed by atoms with Crippen LogP contribution in [0.15, 0.2) is 18.2 Å². The Morgan fingerprint density at radius 2 is 1.86 bits per heavy atom. The van der Waals surface area contributed by atoms with Gasteiger partial charge in [-0.15, -0.1) is 0 Å². The van der Waals surface area contributed by atoms with E-state index in [1.165, 1.54) is 6.07 Å². The van der Waals surface area contributed by atoms with Gasteiger partial charge in [-0.3, -0.25) is 0 Å². The number of nitrogens with zero attached hydrogens (tertiary/aromatic N) is 1. The van der Waals surface area contributed by atoms with Gasteiger partial charge in [0, 0.05) is 18.8 Å². The average Bonchev–Trinajstić information content (AvgIpc) is 2.37. The van der Waals surface area contributed by atoms with Crippen LogP contribution in [0.5, 0.6) is 0 Å². The number of carbonyl (C=O) groups is 2. The Hall–Kier alpha value is -2.04. The summed E-state index contributed by atoms with van der Waals surface area (Å²) in [4.78, 5) is 25.0. The molecule has 0 aliphatic carbocycles. The highest BCUT2D eigenvalue weighted by atomic mass is 16.4. The highest BCUT2D eigenvalue weighted by molar-refractivity contribution is 5.95. The molecule has 0 saturated heterocycles. The Labute approximate surface area is 126 Å². The van der Waals surface area contributed by atoms with Crippen molar-refractivity contribution in [3.63, 3.8) is 0 Å². The molecule has 2 N–H and O–H groups in total. The predicted octanol–water partition coefficient (Wildman–Crippen LogP) is 3.59. The van der Waals surface area contributed by atoms with E-state index >= 15 is 0 Å². The van der Waals surface area contributed by atoms with Gasteiger partial charge in [0.1, 0.15) is 0 Å². The summed E-state index contributed by atoms with van der Waals surface area (Å²) in [6.07, 6.45) is 0. The standard InChI is InChI=1S/C16H24N2O3/c1-10-12(14(19)20)8-7-9-13(10)17-15(21)18(6)11(2)16(3,4)5/h7-9,11H,1-6H3,(H,17,21)(H,19,20). The van der Waals surface area contributed by atoms with Crippen LogP contribution in [-0.2, 0) is 0 Å². The van der Waals surface area contributed by atoms with Crippen molar-refractivity contribution in [1.82, 2.24) is 4.90 Å². The molecule has 0 heterocycles. The Balaban J connectivity index is 2.94. The minimum absolute atomic E-state index is 0.0377. The molecule has 0 fully saturated rings. The maximum Gasteiger partial charge on any atom is 0.336 e. The molecule has 1 atom stereocenters. The fourth-order valence-corrected chi connectivity index (χ4v) is 1.96. The first kappa shape index (κ1) is 17.0. The Morgan fingerprint density at radius 3 is 2.33 bits per heavy atom. The Morgan fingerprint density at radius 1 is 1.29 bits per heavy atom. The summed E-state index contributed by atoms with van der Waals surface area (Å²) in [6.45, 7) is 9.87. The molecule has 21 heavy (non-hydrogen) atoms. The molecule has 0 radical (unpaired) electrons. The predicted molar refractivity (Wildman–Crippen MR) is 83.8 cm³/mol. The second kappa shape index (κ2) is 6.16. The van der Waals surface area contributed by atoms with Crippen molar-refractivity contribution in [3.05, 3.63) is 29.3 Å². The lowest BCUT2D eigenvalue weighted by Crippen LogP contribution is -2.45. The number of carbonyl (C=O) groups excluding carboxylic acids is 1. The summed E-state index contributed by atoms with van der Waals surface area (Å²) in [7, 11) is 1.74. The van der Waals surface area contributed by atoms with Gasteiger partial charge in [-0.25, -0.2) is 9.59 Å². The Bertz CT molecular complexity index is 547. The number of aromatic carboxylic acids is 1. The van der Waals surface area contributed by atoms with E-state index in [0.717, 1.165) is 0 Å². The number of hydrogen-bond donors (Lipinski definition) is 2. The molecule has 5 heteroatoms. The number of hydrogen-bond acceptors (Lipinski definition) is 2. The summed E-state index contributed by atoms with van der Waals surface area (Å²) in [5.74, 6) is -1.000. The highest BCUT2D eigenvalue weighted by Crippen LogP contribution is 2.24. The zero-order chi connectivity index (χ0) is 16.4. The average molecular weight is 292 g/mol. The van der Waals surface area contributed by atoms with Gasteiger partial charge in [-0.2, -0.15) is 0 Å². The van der Waals surface area contributed by atoms with Crippen molar-refractivity contribution in [2.24, 2.45) is 5.41 Å². The van der Waals surface area contributed by atoms with E-state index in [4.69, 9.17) is 5.11 Å². The second-order valence-corrected chi connectivity index (χ2v) is 6.37. The molecule has 0 bridgehead atoms. The molecule has 0 saturated carbocycles. The molecule has 0 aromatic heterocycles. The number of carboxylic acids is 1. The maximum absolute atomic E-state index is 12.3. The molecular weight excluding hydrogens is 268 g/mol. The summed E-state index contributed by atoms with van der Waals surface area (Å²) < 4.78 is 0. The minimum atomic E-state index is -1.000. The first-order valence-corrected chi connectivity index (χ1v) is 6.92. The van der Waals surface area contributed by atoms with Crippen LogP contribution < -0.4 is 5.32 Å². The smallest absolute Gasteiger partial charge is 0.336 e. The zero-order valence-electron chi connectivity index (χ0n) is 13.5. The van der Waals surface area contributed by atoms with Gasteiger partial charge in [0.15, 0.2) is 0 Å². The third-order valence-electron chi connectivity index (χ3n) is 3.96. The molecule has 1 aromatic rings. The molecule has 0 aliphatic heterocycles. The van der Waals surface area contributed by atoms with Crippen LogP contribution in [0.2, 0.25) is 0 Å². The molecule has 1 unspecified atom stereocenters. The molecule has 1 rings (SSSR count). The lowest BCUT2D eigenvalue weighted by Gasteiger charge is -2.35. The number of rotatable bonds is 3. The third kappa shape index (κ3) is 3.97. The van der Waals surface area contributed by atoms with Gasteiger partial charge < -0.3 is 15.3 Å². The van der Waals surface area contributed by atoms with E-state index < -0.39 is 5.97 Å². The van der Waals surface area contributed by atoms with Gasteiger partial charge in [-0.1, -0.05) is 26.8 Å². The highest BCUT2D eigenvalue weighted by Gasteiger charge is 2.27. The SMILES string of the molecule is Cc1c(NC(=O)N(C)C(C)C(C)(C)C)cccc1C(=O)O. The maximum atomic E-state index is 12.3. The first-order valence-electron chi connectivity index (χ1n) is 6.92. The van der Waals surface area contributed by atoms with E-state index in [-0.39, 0.29) is 23.1 Å². The molecule has 2 amide bonds. The zero-order valence-corrected chi connectivity index (χ0v) is 13.5. The van der Waals surface area contributed by atoms with Gasteiger partial charge >= 0.3 is 12.0 Å². The van der Waals surface area contributed by atoms with Crippen molar-refractivity contribution in [1.29, 1.82) is 0 Å². The molecule has 0 aliphatic rings. The summed E-state index contributed by atoms with van der Waals surface area (Å²) in [5, 5.41) is 11.9. The van der Waals surface area contributed by atoms with E-state index in [1.807, 2.05) is 6.92 Å². The van der Waals surface area contributed by atoms with E-state index in [2.05, 4.69) is 26.1 Å². The number of nitrogens with one attached hydrogen (secondary N) is 1. The fourth-order valence-electron chi connectivity index (χ4n) is 1.96. The van der Waals surface area contributed by atoms with Gasteiger partial charge in [0.2, 0.25) is 0 Å². The third-order valence-corrected chi connectivity index (χ3v) is 3.96. The molecular formula is C16H24N2O3. The number of amides is 2. The van der Waals surface area contributed by atoms with Gasteiger partial charge in [0.05, 0.1) is 5.56 Å². The van der Waals surface area contributed by atoms with Crippen molar-refractivity contribution >= 4 is 17.7 Å². The van der Waals surface area contributed by atoms with Gasteiger partial charge in [-0.05, 0) is 37.0 Å². The lowest BCUT2D eigenvalue weighted by molar-refractivity contribution is 0.0696. The number of anilines is 1. The number of urea groups is 1. The van der Waals surface area contributed by atoms with Crippen LogP contribution in [0.25, 0.3) is 0 Å². The molecule has 0 spiro atoms. The molecule has 5 nitrogen and oxygen atoms in total. The second-order valence-electron chi connectivity index (χ2n) is 6.37. The largest absolute Gasteiger partial charge is 0.478 e. The number of benzene rings is 1. The van der Waals surface area contributed by atoms with Crippen LogP contribution in [0.1, 0.15) is 43.6 Å². The van der Waals surface area contributed by atoms with Crippen LogP contribution in [-0.4, -0.2) is 35.1 Å². The van der Waals surface area contributed by atoms with Crippen LogP contribution in [0.3, 0.4) is 0 Å². The van der Waals surface area contributed by atoms with Crippen LogP contribution in [0.4, 0.5) is 10.5 Å². The number of carboxylic acid groups (broad SMARTS) is 1. The van der Waals surface area contributed by atoms with Crippen molar-refractivity contribution in [3.8, 4) is 0 Å². The topological polar surface area (TPSA) is 69.6 Å². The summed E-state index contributed by atoms with van der Waals surface area (Å²) in [5.41, 5.74) is 1.23. The van der Waals surface area contributed by atoms with Crippen molar-refractivity contribution in [2.75, 3.05) is 12.4 Å². The lowest BCUT2D eigenvalue weighted by atomic mass is 9.87.